The maximum atomic E-state index is 13.5. The number of aliphatic hydroxyl groups is 1. The Hall–Kier alpha value is -5.82. The number of amides is 2. The highest BCUT2D eigenvalue weighted by atomic mass is 19.1. The van der Waals surface area contributed by atoms with Crippen LogP contribution in [-0.4, -0.2) is 54.4 Å². The molecule has 0 saturated heterocycles. The minimum Gasteiger partial charge on any atom is -0.490 e. The lowest BCUT2D eigenvalue weighted by molar-refractivity contribution is -0.136. The second kappa shape index (κ2) is 16.1. The van der Waals surface area contributed by atoms with Gasteiger partial charge in [0.25, 0.3) is 0 Å². The Kier molecular flexibility index (Phi) is 11.4. The molecule has 2 atom stereocenters. The molecule has 2 heterocycles. The zero-order chi connectivity index (χ0) is 35.8. The van der Waals surface area contributed by atoms with E-state index in [9.17, 15) is 19.1 Å². The molecule has 12 nitrogen and oxygen atoms in total. The Morgan fingerprint density at radius 2 is 1.82 bits per heavy atom. The molecule has 0 aliphatic carbocycles. The van der Waals surface area contributed by atoms with Crippen LogP contribution in [0.2, 0.25) is 0 Å². The summed E-state index contributed by atoms with van der Waals surface area (Å²) in [5.41, 5.74) is 8.39. The first-order valence-electron chi connectivity index (χ1n) is 16.0. The average molecular weight is 686 g/mol. The van der Waals surface area contributed by atoms with Crippen LogP contribution in [0.15, 0.2) is 89.2 Å². The van der Waals surface area contributed by atoms with Gasteiger partial charge in [-0.15, -0.1) is 0 Å². The number of nitrogens with zero attached hydrogens (tertiary/aromatic N) is 2. The molecule has 13 heteroatoms. The number of rotatable bonds is 14. The summed E-state index contributed by atoms with van der Waals surface area (Å²) in [5, 5.41) is 20.1. The van der Waals surface area contributed by atoms with Crippen molar-refractivity contribution in [2.75, 3.05) is 20.3 Å². The molecule has 3 aromatic carbocycles. The lowest BCUT2D eigenvalue weighted by Gasteiger charge is -2.28. The number of benzene rings is 3. The fourth-order valence-corrected chi connectivity index (χ4v) is 5.62. The van der Waals surface area contributed by atoms with Crippen molar-refractivity contribution in [2.24, 2.45) is 5.10 Å². The van der Waals surface area contributed by atoms with Crippen LogP contribution in [0, 0.1) is 19.7 Å². The molecule has 50 heavy (non-hydrogen) atoms. The van der Waals surface area contributed by atoms with E-state index in [0.717, 1.165) is 28.2 Å². The molecule has 0 radical (unpaired) electrons. The van der Waals surface area contributed by atoms with Crippen LogP contribution in [0.3, 0.4) is 0 Å². The van der Waals surface area contributed by atoms with Gasteiger partial charge in [0.05, 0.1) is 31.5 Å². The number of urea groups is 1. The van der Waals surface area contributed by atoms with Gasteiger partial charge in [-0.3, -0.25) is 5.43 Å². The van der Waals surface area contributed by atoms with E-state index in [1.165, 1.54) is 19.2 Å². The van der Waals surface area contributed by atoms with Gasteiger partial charge in [-0.1, -0.05) is 18.2 Å². The Morgan fingerprint density at radius 1 is 1.04 bits per heavy atom. The molecule has 0 unspecified atom stereocenters. The Labute approximate surface area is 289 Å². The van der Waals surface area contributed by atoms with E-state index in [4.69, 9.17) is 18.9 Å². The number of hydrazone groups is 1. The van der Waals surface area contributed by atoms with E-state index >= 15 is 0 Å². The summed E-state index contributed by atoms with van der Waals surface area (Å²) in [6.45, 7) is 7.84. The van der Waals surface area contributed by atoms with Gasteiger partial charge in [0.2, 0.25) is 0 Å². The Balaban J connectivity index is 1.19. The van der Waals surface area contributed by atoms with E-state index < -0.39 is 24.3 Å². The first-order valence-corrected chi connectivity index (χ1v) is 16.0. The summed E-state index contributed by atoms with van der Waals surface area (Å²) in [6, 6.07) is 19.7. The van der Waals surface area contributed by atoms with Gasteiger partial charge in [-0.05, 0) is 93.4 Å². The Bertz CT molecular complexity index is 1900. The van der Waals surface area contributed by atoms with Gasteiger partial charge in [-0.2, -0.15) is 5.10 Å². The molecule has 262 valence electrons. The van der Waals surface area contributed by atoms with Gasteiger partial charge < -0.3 is 39.3 Å². The summed E-state index contributed by atoms with van der Waals surface area (Å²) in [6.07, 6.45) is 0.477. The monoisotopic (exact) mass is 685 g/mol. The summed E-state index contributed by atoms with van der Waals surface area (Å²) in [7, 11) is 1.27. The molecule has 0 saturated carbocycles. The first-order chi connectivity index (χ1) is 24.1. The second-order valence-corrected chi connectivity index (χ2v) is 11.5. The molecule has 1 aromatic heterocycles. The van der Waals surface area contributed by atoms with Crippen molar-refractivity contribution >= 4 is 18.2 Å². The number of hydrogen-bond acceptors (Lipinski definition) is 9. The van der Waals surface area contributed by atoms with E-state index in [-0.39, 0.29) is 24.6 Å². The van der Waals surface area contributed by atoms with Crippen LogP contribution in [-0.2, 0) is 16.1 Å². The normalized spacial score (nSPS) is 14.9. The summed E-state index contributed by atoms with van der Waals surface area (Å²) in [4.78, 5) is 24.7. The van der Waals surface area contributed by atoms with Crippen LogP contribution in [0.1, 0.15) is 48.0 Å². The van der Waals surface area contributed by atoms with Crippen LogP contribution >= 0.6 is 0 Å². The van der Waals surface area contributed by atoms with E-state index in [1.54, 1.807) is 37.4 Å². The van der Waals surface area contributed by atoms with Crippen LogP contribution < -0.4 is 30.3 Å². The second-order valence-electron chi connectivity index (χ2n) is 11.5. The predicted molar refractivity (Wildman–Crippen MR) is 185 cm³/mol. The SMILES string of the molecule is CCOc1cc([C@H]2NC(=O)NC(C)=C2C(=O)OC)ccc1OC[C@H](O)N/N=C/c1cc(C)n(-c2ccc(OCc3cccc(F)c3)cc2)c1C. The summed E-state index contributed by atoms with van der Waals surface area (Å²) < 4.78 is 37.9. The lowest BCUT2D eigenvalue weighted by atomic mass is 9.95. The fourth-order valence-electron chi connectivity index (χ4n) is 5.62. The average Bonchev–Trinajstić information content (AvgIpc) is 3.38. The number of carbonyl (C=O) groups is 2. The number of methoxy groups -OCH3 is 1. The van der Waals surface area contributed by atoms with E-state index in [2.05, 4.69) is 25.7 Å². The number of nitrogens with one attached hydrogen (secondary N) is 3. The summed E-state index contributed by atoms with van der Waals surface area (Å²) >= 11 is 0. The molecule has 1 aliphatic rings. The van der Waals surface area contributed by atoms with Gasteiger partial charge in [0.1, 0.15) is 24.8 Å². The van der Waals surface area contributed by atoms with Crippen molar-refractivity contribution in [3.8, 4) is 22.9 Å². The number of allylic oxidation sites excluding steroid dienone is 1. The number of aryl methyl sites for hydroxylation is 1. The third kappa shape index (κ3) is 8.42. The van der Waals surface area contributed by atoms with Crippen LogP contribution in [0.4, 0.5) is 9.18 Å². The molecule has 2 amide bonds. The number of halogens is 1. The fraction of sp³-hybridized carbons (Fsp3) is 0.270. The van der Waals surface area contributed by atoms with Crippen molar-refractivity contribution in [1.82, 2.24) is 20.6 Å². The van der Waals surface area contributed by atoms with Gasteiger partial charge in [0.15, 0.2) is 17.7 Å². The van der Waals surface area contributed by atoms with Crippen LogP contribution in [0.25, 0.3) is 5.69 Å². The third-order valence-electron chi connectivity index (χ3n) is 7.96. The molecule has 0 fully saturated rings. The highest BCUT2D eigenvalue weighted by Gasteiger charge is 2.32. The van der Waals surface area contributed by atoms with Gasteiger partial charge in [0, 0.05) is 28.3 Å². The van der Waals surface area contributed by atoms with Crippen molar-refractivity contribution < 1.29 is 38.0 Å². The highest BCUT2D eigenvalue weighted by molar-refractivity contribution is 5.95. The molecular weight excluding hydrogens is 645 g/mol. The molecule has 1 aliphatic heterocycles. The van der Waals surface area contributed by atoms with E-state index in [0.29, 0.717) is 35.1 Å². The number of aliphatic hydroxyl groups excluding tert-OH is 1. The maximum absolute atomic E-state index is 13.5. The number of ether oxygens (including phenoxy) is 4. The highest BCUT2D eigenvalue weighted by Crippen LogP contribution is 2.35. The largest absolute Gasteiger partial charge is 0.490 e. The van der Waals surface area contributed by atoms with Crippen LogP contribution in [0.5, 0.6) is 17.2 Å². The molecule has 0 spiro atoms. The number of aromatic nitrogens is 1. The van der Waals surface area contributed by atoms with E-state index in [1.807, 2.05) is 57.2 Å². The lowest BCUT2D eigenvalue weighted by Crippen LogP contribution is -2.45. The smallest absolute Gasteiger partial charge is 0.337 e. The minimum atomic E-state index is -1.15. The topological polar surface area (TPSA) is 145 Å². The molecule has 4 N–H and O–H groups in total. The standard InChI is InChI=1S/C37H40FN5O7/c1-6-48-32-18-26(35-34(36(45)47-5)23(3)40-37(46)41-35)10-15-31(32)50-21-33(44)42-39-19-27-16-22(2)43(24(27)4)29-11-13-30(14-12-29)49-20-25-8-7-9-28(38)17-25/h7-19,33,35,42,44H,6,20-21H2,1-5H3,(H2,40,41,46)/b39-19+/t33-,35+/m0/s1. The van der Waals surface area contributed by atoms with Gasteiger partial charge >= 0.3 is 12.0 Å². The van der Waals surface area contributed by atoms with Crippen molar-refractivity contribution in [2.45, 2.75) is 46.6 Å². The number of hydrogen-bond donors (Lipinski definition) is 4. The zero-order valence-electron chi connectivity index (χ0n) is 28.5. The third-order valence-corrected chi connectivity index (χ3v) is 7.96. The molecule has 5 rings (SSSR count). The molecular formula is C37H40FN5O7. The first kappa shape index (κ1) is 35.5. The predicted octanol–water partition coefficient (Wildman–Crippen LogP) is 5.33. The number of carbonyl (C=O) groups excluding carboxylic acids is 2. The van der Waals surface area contributed by atoms with Crippen molar-refractivity contribution in [3.05, 3.63) is 118 Å². The minimum absolute atomic E-state index is 0.153. The Morgan fingerprint density at radius 3 is 2.54 bits per heavy atom. The van der Waals surface area contributed by atoms with Crippen molar-refractivity contribution in [1.29, 1.82) is 0 Å². The molecule has 0 bridgehead atoms. The zero-order valence-corrected chi connectivity index (χ0v) is 28.5. The maximum Gasteiger partial charge on any atom is 0.337 e. The molecule has 4 aromatic rings. The van der Waals surface area contributed by atoms with Gasteiger partial charge in [-0.25, -0.2) is 14.0 Å². The number of esters is 1. The van der Waals surface area contributed by atoms with Crippen molar-refractivity contribution in [3.63, 3.8) is 0 Å². The quantitative estimate of drug-likeness (QED) is 0.0604. The summed E-state index contributed by atoms with van der Waals surface area (Å²) in [5.74, 6) is 0.522.